The Bertz CT molecular complexity index is 1280. The number of pyridine rings is 1. The van der Waals surface area contributed by atoms with Crippen LogP contribution in [-0.4, -0.2) is 17.5 Å². The zero-order valence-electron chi connectivity index (χ0n) is 17.3. The average Bonchev–Trinajstić information content (AvgIpc) is 2.77. The normalized spacial score (nSPS) is 10.9. The van der Waals surface area contributed by atoms with Crippen LogP contribution in [0.15, 0.2) is 77.7 Å². The highest BCUT2D eigenvalue weighted by molar-refractivity contribution is 6.10. The maximum absolute atomic E-state index is 13.2. The Balaban J connectivity index is 1.86. The molecule has 0 saturated carbocycles. The van der Waals surface area contributed by atoms with Gasteiger partial charge in [0.25, 0.3) is 0 Å². The largest absolute Gasteiger partial charge is 0.497 e. The molecule has 1 heterocycles. The molecule has 0 aliphatic heterocycles. The van der Waals surface area contributed by atoms with Crippen LogP contribution in [0.1, 0.15) is 32.6 Å². The van der Waals surface area contributed by atoms with Crippen molar-refractivity contribution in [2.24, 2.45) is 0 Å². The zero-order chi connectivity index (χ0) is 21.3. The van der Waals surface area contributed by atoms with Gasteiger partial charge in [0.05, 0.1) is 18.2 Å². The number of methoxy groups -OCH3 is 1. The highest BCUT2D eigenvalue weighted by atomic mass is 16.5. The van der Waals surface area contributed by atoms with E-state index >= 15 is 0 Å². The highest BCUT2D eigenvalue weighted by Gasteiger charge is 2.17. The van der Waals surface area contributed by atoms with Crippen LogP contribution in [0.25, 0.3) is 10.9 Å². The minimum Gasteiger partial charge on any atom is -0.497 e. The van der Waals surface area contributed by atoms with Crippen molar-refractivity contribution in [2.75, 3.05) is 7.11 Å². The molecule has 4 heteroatoms. The molecule has 0 spiro atoms. The second-order valence-corrected chi connectivity index (χ2v) is 7.56. The van der Waals surface area contributed by atoms with Crippen LogP contribution in [0.2, 0.25) is 0 Å². The maximum atomic E-state index is 13.2. The number of aryl methyl sites for hydroxylation is 2. The van der Waals surface area contributed by atoms with E-state index in [9.17, 15) is 9.59 Å². The van der Waals surface area contributed by atoms with Crippen molar-refractivity contribution in [2.45, 2.75) is 20.4 Å². The van der Waals surface area contributed by atoms with Gasteiger partial charge in [-0.2, -0.15) is 0 Å². The molecule has 1 aromatic heterocycles. The molecule has 4 nitrogen and oxygen atoms in total. The van der Waals surface area contributed by atoms with E-state index in [-0.39, 0.29) is 16.8 Å². The van der Waals surface area contributed by atoms with Crippen LogP contribution in [0.4, 0.5) is 0 Å². The molecule has 3 aromatic carbocycles. The summed E-state index contributed by atoms with van der Waals surface area (Å²) >= 11 is 0. The Hall–Kier alpha value is -3.66. The minimum atomic E-state index is -0.288. The summed E-state index contributed by atoms with van der Waals surface area (Å²) in [5.41, 5.74) is 4.48. The SMILES string of the molecule is COc1ccc(C(=O)c2cn(Cc3ccc(C)cc3)c3ccc(C)cc3c2=O)cc1. The van der Waals surface area contributed by atoms with Crippen molar-refractivity contribution >= 4 is 16.7 Å². The lowest BCUT2D eigenvalue weighted by atomic mass is 10.0. The standard InChI is InChI=1S/C26H23NO3/c1-17-4-7-19(8-5-17)15-27-16-23(25(28)20-9-11-21(30-3)12-10-20)26(29)22-14-18(2)6-13-24(22)27/h4-14,16H,15H2,1-3H3. The lowest BCUT2D eigenvalue weighted by molar-refractivity contribution is 0.103. The molecule has 0 bridgehead atoms. The first-order valence-electron chi connectivity index (χ1n) is 9.84. The van der Waals surface area contributed by atoms with E-state index in [1.54, 1.807) is 37.6 Å². The number of fused-ring (bicyclic) bond motifs is 1. The number of ketones is 1. The first kappa shape index (κ1) is 19.6. The molecule has 0 aliphatic rings. The summed E-state index contributed by atoms with van der Waals surface area (Å²) < 4.78 is 7.15. The van der Waals surface area contributed by atoms with Crippen molar-refractivity contribution in [3.05, 3.63) is 111 Å². The molecular weight excluding hydrogens is 374 g/mol. The Morgan fingerprint density at radius 1 is 0.900 bits per heavy atom. The first-order valence-corrected chi connectivity index (χ1v) is 9.84. The van der Waals surface area contributed by atoms with Gasteiger partial charge in [0.2, 0.25) is 5.43 Å². The molecule has 0 fully saturated rings. The summed E-state index contributed by atoms with van der Waals surface area (Å²) in [6, 6.07) is 20.9. The van der Waals surface area contributed by atoms with E-state index in [0.29, 0.717) is 23.2 Å². The quantitative estimate of drug-likeness (QED) is 0.450. The summed E-state index contributed by atoms with van der Waals surface area (Å²) in [5, 5.41) is 0.557. The fraction of sp³-hybridized carbons (Fsp3) is 0.154. The fourth-order valence-corrected chi connectivity index (χ4v) is 3.59. The third-order valence-corrected chi connectivity index (χ3v) is 5.31. The molecule has 4 aromatic rings. The molecule has 0 aliphatic carbocycles. The van der Waals surface area contributed by atoms with Gasteiger partial charge in [-0.05, 0) is 55.8 Å². The molecule has 30 heavy (non-hydrogen) atoms. The van der Waals surface area contributed by atoms with Crippen LogP contribution in [0, 0.1) is 13.8 Å². The van der Waals surface area contributed by atoms with Gasteiger partial charge < -0.3 is 9.30 Å². The molecule has 0 unspecified atom stereocenters. The summed E-state index contributed by atoms with van der Waals surface area (Å²) in [7, 11) is 1.58. The Morgan fingerprint density at radius 3 is 2.23 bits per heavy atom. The number of nitrogens with zero attached hydrogens (tertiary/aromatic N) is 1. The van der Waals surface area contributed by atoms with Gasteiger partial charge in [0, 0.05) is 23.7 Å². The average molecular weight is 397 g/mol. The van der Waals surface area contributed by atoms with Crippen molar-refractivity contribution in [1.29, 1.82) is 0 Å². The lowest BCUT2D eigenvalue weighted by Crippen LogP contribution is -2.20. The number of hydrogen-bond acceptors (Lipinski definition) is 3. The van der Waals surface area contributed by atoms with Gasteiger partial charge in [0.1, 0.15) is 5.75 Å². The molecule has 0 amide bonds. The number of aromatic nitrogens is 1. The van der Waals surface area contributed by atoms with Gasteiger partial charge in [-0.1, -0.05) is 41.5 Å². The van der Waals surface area contributed by atoms with Crippen LogP contribution < -0.4 is 10.2 Å². The van der Waals surface area contributed by atoms with E-state index in [1.165, 1.54) is 5.56 Å². The van der Waals surface area contributed by atoms with Crippen molar-refractivity contribution in [3.8, 4) is 5.75 Å². The third-order valence-electron chi connectivity index (χ3n) is 5.31. The number of benzene rings is 3. The van der Waals surface area contributed by atoms with Gasteiger partial charge >= 0.3 is 0 Å². The van der Waals surface area contributed by atoms with Gasteiger partial charge in [0.15, 0.2) is 5.78 Å². The maximum Gasteiger partial charge on any atom is 0.200 e. The smallest absolute Gasteiger partial charge is 0.200 e. The number of rotatable bonds is 5. The number of ether oxygens (including phenoxy) is 1. The van der Waals surface area contributed by atoms with Crippen LogP contribution in [0.3, 0.4) is 0 Å². The number of carbonyl (C=O) groups is 1. The van der Waals surface area contributed by atoms with Crippen LogP contribution in [-0.2, 0) is 6.54 Å². The van der Waals surface area contributed by atoms with Crippen molar-refractivity contribution in [3.63, 3.8) is 0 Å². The van der Waals surface area contributed by atoms with E-state index in [0.717, 1.165) is 16.6 Å². The van der Waals surface area contributed by atoms with E-state index in [4.69, 9.17) is 4.74 Å². The molecule has 0 atom stereocenters. The topological polar surface area (TPSA) is 48.3 Å². The summed E-state index contributed by atoms with van der Waals surface area (Å²) in [6.45, 7) is 4.57. The van der Waals surface area contributed by atoms with Gasteiger partial charge in [-0.15, -0.1) is 0 Å². The number of carbonyl (C=O) groups excluding carboxylic acids is 1. The van der Waals surface area contributed by atoms with Crippen molar-refractivity contribution in [1.82, 2.24) is 4.57 Å². The molecule has 0 N–H and O–H groups in total. The molecule has 0 radical (unpaired) electrons. The van der Waals surface area contributed by atoms with Crippen LogP contribution in [0.5, 0.6) is 5.75 Å². The predicted octanol–water partition coefficient (Wildman–Crippen LogP) is 4.91. The highest BCUT2D eigenvalue weighted by Crippen LogP contribution is 2.19. The second-order valence-electron chi connectivity index (χ2n) is 7.56. The van der Waals surface area contributed by atoms with Crippen molar-refractivity contribution < 1.29 is 9.53 Å². The first-order chi connectivity index (χ1) is 14.5. The molecule has 4 rings (SSSR count). The van der Waals surface area contributed by atoms with Gasteiger partial charge in [-0.25, -0.2) is 0 Å². The zero-order valence-corrected chi connectivity index (χ0v) is 17.3. The number of hydrogen-bond donors (Lipinski definition) is 0. The molecular formula is C26H23NO3. The fourth-order valence-electron chi connectivity index (χ4n) is 3.59. The monoisotopic (exact) mass is 397 g/mol. The Labute approximate surface area is 175 Å². The summed E-state index contributed by atoms with van der Waals surface area (Å²) in [5.74, 6) is 0.376. The predicted molar refractivity (Wildman–Crippen MR) is 120 cm³/mol. The second kappa shape index (κ2) is 7.99. The molecule has 0 saturated heterocycles. The van der Waals surface area contributed by atoms with E-state index < -0.39 is 0 Å². The Morgan fingerprint density at radius 2 is 1.57 bits per heavy atom. The molecule has 150 valence electrons. The summed E-state index contributed by atoms with van der Waals surface area (Å²) in [6.07, 6.45) is 1.69. The summed E-state index contributed by atoms with van der Waals surface area (Å²) in [4.78, 5) is 26.4. The van der Waals surface area contributed by atoms with E-state index in [2.05, 4.69) is 24.3 Å². The van der Waals surface area contributed by atoms with Crippen LogP contribution >= 0.6 is 0 Å². The Kier molecular flexibility index (Phi) is 5.23. The third kappa shape index (κ3) is 3.77. The minimum absolute atomic E-state index is 0.172. The lowest BCUT2D eigenvalue weighted by Gasteiger charge is -2.14. The van der Waals surface area contributed by atoms with E-state index in [1.807, 2.05) is 36.6 Å². The van der Waals surface area contributed by atoms with Gasteiger partial charge in [-0.3, -0.25) is 9.59 Å².